The molecule has 8 aromatic carbocycles. The Morgan fingerprint density at radius 3 is 2.04 bits per heavy atom. The summed E-state index contributed by atoms with van der Waals surface area (Å²) in [6.45, 7) is 0. The lowest BCUT2D eigenvalue weighted by Crippen LogP contribution is -2.00. The SMILES string of the molecule is c1ccc(C2c3ccccc3-c3c2c2c4cc5ccccc5cc4n(-c4ccc5c(c4)sc4ccccc45)c2c2ccccc32)cc1. The first-order valence-electron chi connectivity index (χ1n) is 16.3. The van der Waals surface area contributed by atoms with Gasteiger partial charge in [0.1, 0.15) is 0 Å². The second kappa shape index (κ2) is 9.42. The molecule has 0 N–H and O–H groups in total. The number of nitrogens with zero attached hydrogens (tertiary/aromatic N) is 1. The molecule has 2 aromatic heterocycles. The first kappa shape index (κ1) is 25.5. The Morgan fingerprint density at radius 1 is 0.489 bits per heavy atom. The van der Waals surface area contributed by atoms with Crippen molar-refractivity contribution in [2.75, 3.05) is 0 Å². The highest BCUT2D eigenvalue weighted by Crippen LogP contribution is 2.56. The van der Waals surface area contributed by atoms with E-state index in [0.29, 0.717) is 0 Å². The van der Waals surface area contributed by atoms with E-state index in [9.17, 15) is 0 Å². The molecule has 0 fully saturated rings. The second-order valence-corrected chi connectivity index (χ2v) is 13.9. The fourth-order valence-electron chi connectivity index (χ4n) is 8.50. The van der Waals surface area contributed by atoms with Gasteiger partial charge in [0.15, 0.2) is 0 Å². The van der Waals surface area contributed by atoms with Gasteiger partial charge in [-0.1, -0.05) is 127 Å². The molecule has 0 saturated carbocycles. The summed E-state index contributed by atoms with van der Waals surface area (Å²) in [5.41, 5.74) is 10.6. The van der Waals surface area contributed by atoms with E-state index in [1.807, 2.05) is 11.3 Å². The van der Waals surface area contributed by atoms with Gasteiger partial charge in [0.2, 0.25) is 0 Å². The highest BCUT2D eigenvalue weighted by atomic mass is 32.1. The summed E-state index contributed by atoms with van der Waals surface area (Å²) in [7, 11) is 0. The monoisotopic (exact) mass is 613 g/mol. The molecule has 1 nitrogen and oxygen atoms in total. The summed E-state index contributed by atoms with van der Waals surface area (Å²) in [4.78, 5) is 0. The average Bonchev–Trinajstić information content (AvgIpc) is 3.78. The Kier molecular flexibility index (Phi) is 5.11. The van der Waals surface area contributed by atoms with Crippen molar-refractivity contribution in [3.05, 3.63) is 174 Å². The maximum absolute atomic E-state index is 2.56. The van der Waals surface area contributed by atoms with Crippen LogP contribution in [0.1, 0.15) is 22.6 Å². The smallest absolute Gasteiger partial charge is 0.0623 e. The lowest BCUT2D eigenvalue weighted by Gasteiger charge is -2.18. The molecule has 1 aliphatic carbocycles. The van der Waals surface area contributed by atoms with E-state index in [-0.39, 0.29) is 5.92 Å². The van der Waals surface area contributed by atoms with Gasteiger partial charge in [-0.25, -0.2) is 0 Å². The molecule has 2 heteroatoms. The zero-order chi connectivity index (χ0) is 30.6. The van der Waals surface area contributed by atoms with Crippen LogP contribution in [0.5, 0.6) is 0 Å². The Bertz CT molecular complexity index is 2910. The standard InChI is InChI=1S/C45H27NS/c1-2-12-27(13-3-1)41-33-17-6-7-18-34(33)42-35-19-8-9-20-36(35)45-43(44(41)42)37-24-28-14-4-5-15-29(28)25-38(37)46(45)30-22-23-32-31-16-10-11-21-39(31)47-40(32)26-30/h1-26,41H. The number of hydrogen-bond donors (Lipinski definition) is 0. The largest absolute Gasteiger partial charge is 0.309 e. The second-order valence-electron chi connectivity index (χ2n) is 12.8. The van der Waals surface area contributed by atoms with Crippen LogP contribution in [-0.2, 0) is 0 Å². The van der Waals surface area contributed by atoms with Gasteiger partial charge >= 0.3 is 0 Å². The van der Waals surface area contributed by atoms with Crippen molar-refractivity contribution in [2.24, 2.45) is 0 Å². The first-order valence-corrected chi connectivity index (χ1v) is 17.1. The normalized spacial score (nSPS) is 14.2. The highest BCUT2D eigenvalue weighted by molar-refractivity contribution is 7.25. The van der Waals surface area contributed by atoms with Gasteiger partial charge in [0.25, 0.3) is 0 Å². The van der Waals surface area contributed by atoms with Crippen LogP contribution < -0.4 is 0 Å². The summed E-state index contributed by atoms with van der Waals surface area (Å²) < 4.78 is 5.22. The third-order valence-electron chi connectivity index (χ3n) is 10.4. The molecule has 0 bridgehead atoms. The Hall–Kier alpha value is -5.70. The third-order valence-corrected chi connectivity index (χ3v) is 11.5. The molecule has 0 amide bonds. The summed E-state index contributed by atoms with van der Waals surface area (Å²) in [5.74, 6) is 0.144. The number of fused-ring (bicyclic) bond motifs is 14. The Labute approximate surface area is 275 Å². The molecule has 1 aliphatic rings. The molecule has 218 valence electrons. The van der Waals surface area contributed by atoms with Crippen LogP contribution >= 0.6 is 11.3 Å². The van der Waals surface area contributed by atoms with Crippen molar-refractivity contribution < 1.29 is 0 Å². The number of hydrogen-bond acceptors (Lipinski definition) is 1. The van der Waals surface area contributed by atoms with Gasteiger partial charge in [-0.3, -0.25) is 0 Å². The van der Waals surface area contributed by atoms with Gasteiger partial charge in [0.05, 0.1) is 11.0 Å². The molecule has 10 aromatic rings. The minimum Gasteiger partial charge on any atom is -0.309 e. The zero-order valence-electron chi connectivity index (χ0n) is 25.4. The maximum atomic E-state index is 2.56. The van der Waals surface area contributed by atoms with Crippen molar-refractivity contribution in [2.45, 2.75) is 5.92 Å². The van der Waals surface area contributed by atoms with Crippen LogP contribution in [0.4, 0.5) is 0 Å². The van der Waals surface area contributed by atoms with Crippen LogP contribution in [0.15, 0.2) is 158 Å². The van der Waals surface area contributed by atoms with Gasteiger partial charge < -0.3 is 4.57 Å². The van der Waals surface area contributed by atoms with E-state index in [1.54, 1.807) is 0 Å². The van der Waals surface area contributed by atoms with Crippen molar-refractivity contribution in [3.63, 3.8) is 0 Å². The van der Waals surface area contributed by atoms with Gasteiger partial charge in [-0.15, -0.1) is 11.3 Å². The summed E-state index contributed by atoms with van der Waals surface area (Å²) in [6.07, 6.45) is 0. The molecule has 0 spiro atoms. The van der Waals surface area contributed by atoms with Gasteiger partial charge in [-0.05, 0) is 74.3 Å². The number of benzene rings is 8. The quantitative estimate of drug-likeness (QED) is 0.183. The van der Waals surface area contributed by atoms with Crippen LogP contribution in [0.3, 0.4) is 0 Å². The molecule has 0 aliphatic heterocycles. The van der Waals surface area contributed by atoms with Crippen LogP contribution in [0, 0.1) is 0 Å². The van der Waals surface area contributed by atoms with Crippen molar-refractivity contribution >= 4 is 74.9 Å². The van der Waals surface area contributed by atoms with E-state index < -0.39 is 0 Å². The average molecular weight is 614 g/mol. The minimum absolute atomic E-state index is 0.144. The minimum atomic E-state index is 0.144. The summed E-state index contributed by atoms with van der Waals surface area (Å²) >= 11 is 1.89. The molecular formula is C45H27NS. The molecule has 1 atom stereocenters. The molecule has 0 radical (unpaired) electrons. The van der Waals surface area contributed by atoms with E-state index in [1.165, 1.54) is 97.0 Å². The highest BCUT2D eigenvalue weighted by Gasteiger charge is 2.35. The van der Waals surface area contributed by atoms with E-state index in [0.717, 1.165) is 0 Å². The van der Waals surface area contributed by atoms with E-state index in [2.05, 4.69) is 162 Å². The number of rotatable bonds is 2. The lowest BCUT2D eigenvalue weighted by molar-refractivity contribution is 1.03. The molecular weight excluding hydrogens is 587 g/mol. The van der Waals surface area contributed by atoms with Crippen LogP contribution in [-0.4, -0.2) is 4.57 Å². The fraction of sp³-hybridized carbons (Fsp3) is 0.0222. The maximum Gasteiger partial charge on any atom is 0.0623 e. The van der Waals surface area contributed by atoms with Crippen LogP contribution in [0.25, 0.3) is 80.3 Å². The number of thiophene rings is 1. The lowest BCUT2D eigenvalue weighted by atomic mass is 9.85. The predicted octanol–water partition coefficient (Wildman–Crippen LogP) is 12.6. The fourth-order valence-corrected chi connectivity index (χ4v) is 9.64. The van der Waals surface area contributed by atoms with Gasteiger partial charge in [0, 0.05) is 47.9 Å². The molecule has 0 saturated heterocycles. The summed E-state index contributed by atoms with van der Waals surface area (Å²) in [6, 6.07) is 58.8. The zero-order valence-corrected chi connectivity index (χ0v) is 26.3. The van der Waals surface area contributed by atoms with Crippen molar-refractivity contribution in [1.29, 1.82) is 0 Å². The topological polar surface area (TPSA) is 4.93 Å². The van der Waals surface area contributed by atoms with Crippen molar-refractivity contribution in [3.8, 4) is 16.8 Å². The van der Waals surface area contributed by atoms with E-state index in [4.69, 9.17) is 0 Å². The predicted molar refractivity (Wildman–Crippen MR) is 202 cm³/mol. The van der Waals surface area contributed by atoms with Gasteiger partial charge in [-0.2, -0.15) is 0 Å². The number of aromatic nitrogens is 1. The van der Waals surface area contributed by atoms with E-state index >= 15 is 0 Å². The van der Waals surface area contributed by atoms with Crippen molar-refractivity contribution in [1.82, 2.24) is 4.57 Å². The Morgan fingerprint density at radius 2 is 1.17 bits per heavy atom. The molecule has 11 rings (SSSR count). The first-order chi connectivity index (χ1) is 23.3. The molecule has 47 heavy (non-hydrogen) atoms. The summed E-state index contributed by atoms with van der Waals surface area (Å²) in [5, 5.41) is 10.5. The van der Waals surface area contributed by atoms with Crippen LogP contribution in [0.2, 0.25) is 0 Å². The third kappa shape index (κ3) is 3.43. The molecule has 2 heterocycles. The Balaban J connectivity index is 1.37. The molecule has 1 unspecified atom stereocenters.